The number of halogens is 1. The smallest absolute Gasteiger partial charge is 0.310 e. The standard InChI is InChI=1S/C24H18ClN3O5S/c25-16-9-11-17(12-10-16)34(30,31)27-19-6-2-1-5-18(19)20-15-21(22-7-3-13-32-22)28(26-20)24(29)23-8-4-14-33-23/h1-14,21,27H,15H2/t21-/m1/s1. The molecule has 4 aromatic rings. The minimum atomic E-state index is -3.88. The average Bonchev–Trinajstić information content (AvgIpc) is 3.61. The predicted octanol–water partition coefficient (Wildman–Crippen LogP) is 5.32. The Morgan fingerprint density at radius 2 is 1.71 bits per heavy atom. The van der Waals surface area contributed by atoms with Gasteiger partial charge in [-0.2, -0.15) is 5.10 Å². The minimum Gasteiger partial charge on any atom is -0.467 e. The van der Waals surface area contributed by atoms with Crippen LogP contribution in [0.2, 0.25) is 5.02 Å². The van der Waals surface area contributed by atoms with E-state index in [1.165, 1.54) is 41.8 Å². The molecule has 0 saturated carbocycles. The second kappa shape index (κ2) is 8.85. The first kappa shape index (κ1) is 22.0. The zero-order chi connectivity index (χ0) is 23.7. The van der Waals surface area contributed by atoms with Crippen molar-refractivity contribution in [2.75, 3.05) is 4.72 Å². The third-order valence-corrected chi connectivity index (χ3v) is 6.96. The number of anilines is 1. The molecule has 1 aliphatic rings. The third-order valence-electron chi connectivity index (χ3n) is 5.33. The van der Waals surface area contributed by atoms with Gasteiger partial charge in [-0.1, -0.05) is 29.8 Å². The lowest BCUT2D eigenvalue weighted by atomic mass is 10.0. The van der Waals surface area contributed by atoms with Crippen molar-refractivity contribution >= 4 is 38.9 Å². The van der Waals surface area contributed by atoms with E-state index in [-0.39, 0.29) is 10.7 Å². The van der Waals surface area contributed by atoms with Gasteiger partial charge < -0.3 is 8.83 Å². The fourth-order valence-electron chi connectivity index (χ4n) is 3.72. The first-order valence-electron chi connectivity index (χ1n) is 10.3. The Morgan fingerprint density at radius 1 is 0.971 bits per heavy atom. The number of furan rings is 2. The Kier molecular flexibility index (Phi) is 5.72. The monoisotopic (exact) mass is 495 g/mol. The molecule has 0 bridgehead atoms. The Balaban J connectivity index is 1.51. The Labute approximate surface area is 200 Å². The molecule has 0 aliphatic carbocycles. The number of rotatable bonds is 6. The van der Waals surface area contributed by atoms with Gasteiger partial charge in [0.25, 0.3) is 10.0 Å². The molecule has 1 aliphatic heterocycles. The molecule has 3 heterocycles. The van der Waals surface area contributed by atoms with E-state index in [0.29, 0.717) is 34.2 Å². The quantitative estimate of drug-likeness (QED) is 0.390. The summed E-state index contributed by atoms with van der Waals surface area (Å²) in [5.74, 6) is 0.261. The van der Waals surface area contributed by atoms with Crippen LogP contribution in [-0.4, -0.2) is 25.0 Å². The molecule has 2 aromatic heterocycles. The van der Waals surface area contributed by atoms with Crippen LogP contribution in [-0.2, 0) is 10.0 Å². The lowest BCUT2D eigenvalue weighted by Gasteiger charge is -2.18. The van der Waals surface area contributed by atoms with Crippen LogP contribution in [0.1, 0.15) is 34.3 Å². The summed E-state index contributed by atoms with van der Waals surface area (Å²) in [4.78, 5) is 13.2. The highest BCUT2D eigenvalue weighted by atomic mass is 35.5. The molecule has 2 aromatic carbocycles. The fraction of sp³-hybridized carbons (Fsp3) is 0.0833. The molecular formula is C24H18ClN3O5S. The number of nitrogens with one attached hydrogen (secondary N) is 1. The number of sulfonamides is 1. The Morgan fingerprint density at radius 3 is 2.41 bits per heavy atom. The van der Waals surface area contributed by atoms with E-state index in [0.717, 1.165) is 0 Å². The third kappa shape index (κ3) is 4.23. The van der Waals surface area contributed by atoms with Crippen LogP contribution >= 0.6 is 11.6 Å². The van der Waals surface area contributed by atoms with Crippen LogP contribution in [0.3, 0.4) is 0 Å². The van der Waals surface area contributed by atoms with Gasteiger partial charge in [-0.25, -0.2) is 13.4 Å². The largest absolute Gasteiger partial charge is 0.467 e. The zero-order valence-electron chi connectivity index (χ0n) is 17.6. The van der Waals surface area contributed by atoms with Crippen molar-refractivity contribution in [3.63, 3.8) is 0 Å². The van der Waals surface area contributed by atoms with E-state index in [1.807, 2.05) is 0 Å². The normalized spacial score (nSPS) is 15.9. The van der Waals surface area contributed by atoms with Crippen LogP contribution in [0.25, 0.3) is 0 Å². The van der Waals surface area contributed by atoms with Crippen LogP contribution in [0.4, 0.5) is 5.69 Å². The van der Waals surface area contributed by atoms with E-state index in [9.17, 15) is 13.2 Å². The molecular weight excluding hydrogens is 478 g/mol. The summed E-state index contributed by atoms with van der Waals surface area (Å²) in [5, 5.41) is 6.29. The van der Waals surface area contributed by atoms with E-state index < -0.39 is 22.0 Å². The maximum absolute atomic E-state index is 13.1. The molecule has 172 valence electrons. The predicted molar refractivity (Wildman–Crippen MR) is 126 cm³/mol. The topological polar surface area (TPSA) is 105 Å². The van der Waals surface area contributed by atoms with Gasteiger partial charge in [0.2, 0.25) is 0 Å². The summed E-state index contributed by atoms with van der Waals surface area (Å²) in [5.41, 5.74) is 1.41. The van der Waals surface area contributed by atoms with Crippen LogP contribution < -0.4 is 4.72 Å². The van der Waals surface area contributed by atoms with Gasteiger partial charge in [-0.05, 0) is 54.6 Å². The molecule has 1 atom stereocenters. The lowest BCUT2D eigenvalue weighted by Crippen LogP contribution is -2.26. The molecule has 10 heteroatoms. The molecule has 0 fully saturated rings. The maximum atomic E-state index is 13.1. The van der Waals surface area contributed by atoms with Crippen LogP contribution in [0.5, 0.6) is 0 Å². The molecule has 0 unspecified atom stereocenters. The lowest BCUT2D eigenvalue weighted by molar-refractivity contribution is 0.0660. The highest BCUT2D eigenvalue weighted by molar-refractivity contribution is 7.92. The van der Waals surface area contributed by atoms with E-state index in [1.54, 1.807) is 48.5 Å². The van der Waals surface area contributed by atoms with Crippen molar-refractivity contribution in [2.24, 2.45) is 5.10 Å². The summed E-state index contributed by atoms with van der Waals surface area (Å²) in [6.07, 6.45) is 3.26. The zero-order valence-corrected chi connectivity index (χ0v) is 19.2. The van der Waals surface area contributed by atoms with Crippen LogP contribution in [0, 0.1) is 0 Å². The van der Waals surface area contributed by atoms with E-state index in [2.05, 4.69) is 9.82 Å². The number of nitrogens with zero attached hydrogens (tertiary/aromatic N) is 2. The summed E-state index contributed by atoms with van der Waals surface area (Å²) in [7, 11) is -3.88. The van der Waals surface area contributed by atoms with Crippen molar-refractivity contribution < 1.29 is 22.0 Å². The molecule has 34 heavy (non-hydrogen) atoms. The van der Waals surface area contributed by atoms with Crippen LogP contribution in [0.15, 0.2) is 104 Å². The summed E-state index contributed by atoms with van der Waals surface area (Å²) in [6, 6.07) is 18.9. The number of hydrogen-bond acceptors (Lipinski definition) is 6. The van der Waals surface area contributed by atoms with Crippen molar-refractivity contribution in [3.05, 3.63) is 107 Å². The van der Waals surface area contributed by atoms with Crippen molar-refractivity contribution in [1.82, 2.24) is 5.01 Å². The van der Waals surface area contributed by atoms with E-state index in [4.69, 9.17) is 20.4 Å². The average molecular weight is 496 g/mol. The number of carbonyl (C=O) groups is 1. The van der Waals surface area contributed by atoms with Gasteiger partial charge >= 0.3 is 5.91 Å². The van der Waals surface area contributed by atoms with Gasteiger partial charge in [0, 0.05) is 17.0 Å². The molecule has 5 rings (SSSR count). The molecule has 0 spiro atoms. The highest BCUT2D eigenvalue weighted by Gasteiger charge is 2.37. The summed E-state index contributed by atoms with van der Waals surface area (Å²) >= 11 is 5.89. The summed E-state index contributed by atoms with van der Waals surface area (Å²) < 4.78 is 39.4. The SMILES string of the molecule is O=C(c1ccco1)N1N=C(c2ccccc2NS(=O)(=O)c2ccc(Cl)cc2)C[C@@H]1c1ccco1. The number of amides is 1. The van der Waals surface area contributed by atoms with Gasteiger partial charge in [-0.3, -0.25) is 9.52 Å². The fourth-order valence-corrected chi connectivity index (χ4v) is 4.92. The molecule has 1 N–H and O–H groups in total. The van der Waals surface area contributed by atoms with E-state index >= 15 is 0 Å². The second-order valence-electron chi connectivity index (χ2n) is 7.51. The highest BCUT2D eigenvalue weighted by Crippen LogP contribution is 2.36. The number of hydrazone groups is 1. The summed E-state index contributed by atoms with van der Waals surface area (Å²) in [6.45, 7) is 0. The number of benzene rings is 2. The van der Waals surface area contributed by atoms with Gasteiger partial charge in [-0.15, -0.1) is 0 Å². The molecule has 8 nitrogen and oxygen atoms in total. The molecule has 0 saturated heterocycles. The van der Waals surface area contributed by atoms with Gasteiger partial charge in [0.05, 0.1) is 28.8 Å². The minimum absolute atomic E-state index is 0.0724. The number of carbonyl (C=O) groups excluding carboxylic acids is 1. The first-order chi connectivity index (χ1) is 16.4. The van der Waals surface area contributed by atoms with Crippen molar-refractivity contribution in [1.29, 1.82) is 0 Å². The first-order valence-corrected chi connectivity index (χ1v) is 12.1. The Hall–Kier alpha value is -3.82. The van der Waals surface area contributed by atoms with Crippen molar-refractivity contribution in [3.8, 4) is 0 Å². The molecule has 1 amide bonds. The maximum Gasteiger partial charge on any atom is 0.310 e. The number of hydrogen-bond donors (Lipinski definition) is 1. The van der Waals surface area contributed by atoms with Gasteiger partial charge in [0.15, 0.2) is 5.76 Å². The molecule has 0 radical (unpaired) electrons. The van der Waals surface area contributed by atoms with Crippen molar-refractivity contribution in [2.45, 2.75) is 17.4 Å². The number of para-hydroxylation sites is 1. The second-order valence-corrected chi connectivity index (χ2v) is 9.63. The van der Waals surface area contributed by atoms with Gasteiger partial charge in [0.1, 0.15) is 11.8 Å². The Bertz CT molecular complexity index is 1450.